The van der Waals surface area contributed by atoms with E-state index in [1.807, 2.05) is 0 Å². The predicted octanol–water partition coefficient (Wildman–Crippen LogP) is 2.82. The summed E-state index contributed by atoms with van der Waals surface area (Å²) in [7, 11) is 3.54. The highest BCUT2D eigenvalue weighted by Gasteiger charge is 2.41. The molecule has 1 amide bonds. The lowest BCUT2D eigenvalue weighted by Crippen LogP contribution is -2.48. The maximum Gasteiger partial charge on any atom is 0.349 e. The van der Waals surface area contributed by atoms with Crippen LogP contribution >= 0.6 is 0 Å². The average molecular weight is 668 g/mol. The van der Waals surface area contributed by atoms with Gasteiger partial charge < -0.3 is 43.6 Å². The van der Waals surface area contributed by atoms with Crippen LogP contribution in [0.5, 0.6) is 23.0 Å². The third kappa shape index (κ3) is 9.06. The van der Waals surface area contributed by atoms with Gasteiger partial charge in [-0.05, 0) is 48.5 Å². The number of esters is 5. The third-order valence-corrected chi connectivity index (χ3v) is 6.14. The minimum Gasteiger partial charge on any atom is -0.493 e. The number of ether oxygens (including phenoxy) is 7. The molecular formula is C32H29NO15. The number of carboxylic acid groups (broad SMARTS) is 1. The lowest BCUT2D eigenvalue weighted by molar-refractivity contribution is -0.157. The van der Waals surface area contributed by atoms with E-state index in [0.717, 1.165) is 45.2 Å². The van der Waals surface area contributed by atoms with Crippen molar-refractivity contribution in [3.63, 3.8) is 0 Å². The Kier molecular flexibility index (Phi) is 12.2. The molecule has 48 heavy (non-hydrogen) atoms. The monoisotopic (exact) mass is 667 g/mol. The van der Waals surface area contributed by atoms with Crippen LogP contribution in [0, 0.1) is 0 Å². The van der Waals surface area contributed by atoms with Crippen molar-refractivity contribution in [2.45, 2.75) is 26.1 Å². The second-order valence-electron chi connectivity index (χ2n) is 9.44. The van der Waals surface area contributed by atoms with Crippen LogP contribution in [0.25, 0.3) is 0 Å². The van der Waals surface area contributed by atoms with Gasteiger partial charge in [0, 0.05) is 13.8 Å². The van der Waals surface area contributed by atoms with Gasteiger partial charge in [0.2, 0.25) is 12.2 Å². The zero-order chi connectivity index (χ0) is 35.5. The molecule has 3 aromatic carbocycles. The summed E-state index contributed by atoms with van der Waals surface area (Å²) >= 11 is 0. The Labute approximate surface area is 272 Å². The number of methoxy groups -OCH3 is 3. The number of carbonyl (C=O) groups is 7. The Morgan fingerprint density at radius 1 is 0.625 bits per heavy atom. The second-order valence-corrected chi connectivity index (χ2v) is 9.44. The molecule has 0 unspecified atom stereocenters. The van der Waals surface area contributed by atoms with E-state index in [-0.39, 0.29) is 45.4 Å². The minimum absolute atomic E-state index is 0.0530. The smallest absolute Gasteiger partial charge is 0.349 e. The molecule has 0 aromatic heterocycles. The Morgan fingerprint density at radius 2 is 1.10 bits per heavy atom. The molecular weight excluding hydrogens is 638 g/mol. The van der Waals surface area contributed by atoms with Crippen LogP contribution < -0.4 is 24.3 Å². The minimum atomic E-state index is -2.46. The molecule has 0 spiro atoms. The van der Waals surface area contributed by atoms with Gasteiger partial charge in [-0.15, -0.1) is 0 Å². The van der Waals surface area contributed by atoms with Gasteiger partial charge in [0.05, 0.1) is 43.7 Å². The van der Waals surface area contributed by atoms with E-state index in [1.54, 1.807) is 0 Å². The van der Waals surface area contributed by atoms with Gasteiger partial charge in [-0.2, -0.15) is 0 Å². The fourth-order valence-corrected chi connectivity index (χ4v) is 4.01. The first kappa shape index (κ1) is 36.0. The highest BCUT2D eigenvalue weighted by Crippen LogP contribution is 2.30. The number of rotatable bonds is 13. The van der Waals surface area contributed by atoms with Gasteiger partial charge in [0.25, 0.3) is 5.91 Å². The Hall–Kier alpha value is -6.45. The van der Waals surface area contributed by atoms with Crippen molar-refractivity contribution in [2.24, 2.45) is 0 Å². The van der Waals surface area contributed by atoms with Gasteiger partial charge in [-0.25, -0.2) is 19.2 Å². The molecule has 0 aliphatic carbocycles. The normalized spacial score (nSPS) is 11.5. The summed E-state index contributed by atoms with van der Waals surface area (Å²) in [5, 5.41) is 12.4. The summed E-state index contributed by atoms with van der Waals surface area (Å²) in [5.74, 6) is -8.29. The van der Waals surface area contributed by atoms with Gasteiger partial charge in [-0.1, -0.05) is 12.1 Å². The molecule has 0 aliphatic heterocycles. The van der Waals surface area contributed by atoms with Gasteiger partial charge >= 0.3 is 35.8 Å². The maximum absolute atomic E-state index is 13.6. The van der Waals surface area contributed by atoms with Crippen LogP contribution in [0.2, 0.25) is 0 Å². The molecule has 0 saturated heterocycles. The van der Waals surface area contributed by atoms with Crippen molar-refractivity contribution in [3.8, 4) is 23.0 Å². The van der Waals surface area contributed by atoms with Crippen LogP contribution in [-0.4, -0.2) is 80.4 Å². The fraction of sp³-hybridized carbons (Fsp3) is 0.219. The number of aliphatic carboxylic acids is 1. The largest absolute Gasteiger partial charge is 0.493 e. The standard InChI is InChI=1S/C32H29NO15/c1-16(34)45-22-12-10-18(14-24(22)42-3)30(39)47-26(28(36)33-21-9-7-6-8-20(21)32(41)44-5)27(29(37)38)48-31(40)19-11-13-23(46-17(2)35)25(15-19)43-4/h6-15,26-27H,1-5H3,(H,33,36)(H,37,38)/t26-,27-/m0/s1. The Morgan fingerprint density at radius 3 is 1.54 bits per heavy atom. The van der Waals surface area contributed by atoms with Gasteiger partial charge in [0.1, 0.15) is 0 Å². The number of hydrogen-bond donors (Lipinski definition) is 2. The molecule has 0 fully saturated rings. The summed E-state index contributed by atoms with van der Waals surface area (Å²) in [6, 6.07) is 12.4. The molecule has 0 saturated carbocycles. The lowest BCUT2D eigenvalue weighted by Gasteiger charge is -2.24. The molecule has 0 heterocycles. The van der Waals surface area contributed by atoms with Crippen LogP contribution in [-0.2, 0) is 33.4 Å². The molecule has 2 N–H and O–H groups in total. The number of para-hydroxylation sites is 1. The maximum atomic E-state index is 13.6. The van der Waals surface area contributed by atoms with Crippen LogP contribution in [0.1, 0.15) is 44.9 Å². The lowest BCUT2D eigenvalue weighted by atomic mass is 10.1. The molecule has 3 aromatic rings. The van der Waals surface area contributed by atoms with Crippen molar-refractivity contribution in [1.82, 2.24) is 0 Å². The third-order valence-electron chi connectivity index (χ3n) is 6.14. The predicted molar refractivity (Wildman–Crippen MR) is 161 cm³/mol. The molecule has 3 rings (SSSR count). The molecule has 0 bridgehead atoms. The number of nitrogens with one attached hydrogen (secondary N) is 1. The number of benzene rings is 3. The zero-order valence-electron chi connectivity index (χ0n) is 26.1. The summed E-state index contributed by atoms with van der Waals surface area (Å²) in [4.78, 5) is 87.6. The van der Waals surface area contributed by atoms with Crippen molar-refractivity contribution >= 4 is 47.4 Å². The molecule has 0 aliphatic rings. The number of hydrogen-bond acceptors (Lipinski definition) is 14. The van der Waals surface area contributed by atoms with E-state index in [0.29, 0.717) is 0 Å². The summed E-state index contributed by atoms with van der Waals surface area (Å²) < 4.78 is 35.5. The first-order valence-corrected chi connectivity index (χ1v) is 13.6. The first-order valence-electron chi connectivity index (χ1n) is 13.6. The van der Waals surface area contributed by atoms with Crippen molar-refractivity contribution in [1.29, 1.82) is 0 Å². The van der Waals surface area contributed by atoms with Crippen LogP contribution in [0.3, 0.4) is 0 Å². The number of carbonyl (C=O) groups excluding carboxylic acids is 6. The summed E-state index contributed by atoms with van der Waals surface area (Å²) in [6.07, 6.45) is -4.83. The van der Waals surface area contributed by atoms with Gasteiger partial charge in [0.15, 0.2) is 23.0 Å². The van der Waals surface area contributed by atoms with Crippen molar-refractivity contribution < 1.29 is 71.8 Å². The molecule has 0 radical (unpaired) electrons. The quantitative estimate of drug-likeness (QED) is 0.152. The van der Waals surface area contributed by atoms with Crippen LogP contribution in [0.15, 0.2) is 60.7 Å². The molecule has 16 heteroatoms. The van der Waals surface area contributed by atoms with E-state index in [1.165, 1.54) is 50.6 Å². The van der Waals surface area contributed by atoms with Crippen molar-refractivity contribution in [3.05, 3.63) is 77.4 Å². The highest BCUT2D eigenvalue weighted by molar-refractivity contribution is 6.05. The molecule has 252 valence electrons. The van der Waals surface area contributed by atoms with E-state index < -0.39 is 53.9 Å². The molecule has 2 atom stereocenters. The van der Waals surface area contributed by atoms with Crippen molar-refractivity contribution in [2.75, 3.05) is 26.6 Å². The van der Waals surface area contributed by atoms with E-state index in [9.17, 15) is 38.7 Å². The average Bonchev–Trinajstić information content (AvgIpc) is 3.05. The number of anilines is 1. The zero-order valence-corrected chi connectivity index (χ0v) is 26.1. The Bertz CT molecular complexity index is 1750. The second kappa shape index (κ2) is 16.2. The van der Waals surface area contributed by atoms with E-state index >= 15 is 0 Å². The SMILES string of the molecule is COC(=O)c1ccccc1NC(=O)[C@@H](OC(=O)c1ccc(OC(C)=O)c(OC)c1)[C@H](OC(=O)c1ccc(OC(C)=O)c(OC)c1)C(=O)O. The Balaban J connectivity index is 2.03. The van der Waals surface area contributed by atoms with Gasteiger partial charge in [-0.3, -0.25) is 14.4 Å². The van der Waals surface area contributed by atoms with E-state index in [4.69, 9.17) is 33.2 Å². The highest BCUT2D eigenvalue weighted by atomic mass is 16.6. The topological polar surface area (TPSA) is 216 Å². The van der Waals surface area contributed by atoms with E-state index in [2.05, 4.69) is 5.32 Å². The summed E-state index contributed by atoms with van der Waals surface area (Å²) in [5.41, 5.74) is -0.852. The molecule has 16 nitrogen and oxygen atoms in total. The number of carboxylic acids is 1. The first-order chi connectivity index (χ1) is 22.8. The fourth-order valence-electron chi connectivity index (χ4n) is 4.01. The number of amides is 1. The van der Waals surface area contributed by atoms with Crippen LogP contribution in [0.4, 0.5) is 5.69 Å². The summed E-state index contributed by atoms with van der Waals surface area (Å²) in [6.45, 7) is 2.28.